The molecule has 1 aromatic heterocycles. The number of fused-ring (bicyclic) bond motifs is 2. The van der Waals surface area contributed by atoms with E-state index in [1.807, 2.05) is 0 Å². The summed E-state index contributed by atoms with van der Waals surface area (Å²) in [5.74, 6) is 2.32. The Balaban J connectivity index is 1.66. The van der Waals surface area contributed by atoms with E-state index in [0.29, 0.717) is 17.4 Å². The highest BCUT2D eigenvalue weighted by Crippen LogP contribution is 2.39. The standard InChI is InChI=1S/C17H27N5/c1-17(2)6-5-12-13(8-17)20-16(18)21-15(12)22-9-11-4-3-7-19-14(11)10-22/h11,14,19H,3-10H2,1-2H3,(H2,18,20,21)/t11-,14+/m1/s1. The smallest absolute Gasteiger partial charge is 0.222 e. The maximum Gasteiger partial charge on any atom is 0.222 e. The number of anilines is 2. The van der Waals surface area contributed by atoms with Crippen molar-refractivity contribution in [1.82, 2.24) is 15.3 Å². The number of nitrogens with two attached hydrogens (primary N) is 1. The largest absolute Gasteiger partial charge is 0.368 e. The van der Waals surface area contributed by atoms with Crippen LogP contribution in [0.25, 0.3) is 0 Å². The number of aromatic nitrogens is 2. The molecular formula is C17H27N5. The van der Waals surface area contributed by atoms with Gasteiger partial charge in [0, 0.05) is 24.7 Å². The second-order valence-corrected chi connectivity index (χ2v) is 8.04. The Kier molecular flexibility index (Phi) is 3.29. The van der Waals surface area contributed by atoms with E-state index in [0.717, 1.165) is 44.2 Å². The van der Waals surface area contributed by atoms with Gasteiger partial charge in [0.2, 0.25) is 5.95 Å². The molecule has 2 aliphatic heterocycles. The van der Waals surface area contributed by atoms with Crippen molar-refractivity contribution in [2.75, 3.05) is 30.3 Å². The zero-order valence-corrected chi connectivity index (χ0v) is 13.7. The second-order valence-electron chi connectivity index (χ2n) is 8.04. The van der Waals surface area contributed by atoms with Crippen LogP contribution in [0.5, 0.6) is 0 Å². The van der Waals surface area contributed by atoms with E-state index in [-0.39, 0.29) is 0 Å². The summed E-state index contributed by atoms with van der Waals surface area (Å²) in [7, 11) is 0. The Morgan fingerprint density at radius 1 is 1.27 bits per heavy atom. The highest BCUT2D eigenvalue weighted by Gasteiger charge is 2.37. The Morgan fingerprint density at radius 2 is 2.14 bits per heavy atom. The SMILES string of the molecule is CC1(C)CCc2c(nc(N)nc2N2C[C@H]3CCCN[C@H]3C2)C1. The van der Waals surface area contributed by atoms with Crippen molar-refractivity contribution in [3.8, 4) is 0 Å². The normalized spacial score (nSPS) is 30.0. The lowest BCUT2D eigenvalue weighted by Crippen LogP contribution is -2.40. The molecule has 1 aromatic rings. The van der Waals surface area contributed by atoms with Gasteiger partial charge >= 0.3 is 0 Å². The third-order valence-electron chi connectivity index (χ3n) is 5.68. The van der Waals surface area contributed by atoms with E-state index in [1.54, 1.807) is 0 Å². The number of hydrogen-bond acceptors (Lipinski definition) is 5. The zero-order chi connectivity index (χ0) is 15.3. The molecular weight excluding hydrogens is 274 g/mol. The molecule has 5 nitrogen and oxygen atoms in total. The summed E-state index contributed by atoms with van der Waals surface area (Å²) < 4.78 is 0. The van der Waals surface area contributed by atoms with Gasteiger partial charge in [-0.05, 0) is 50.0 Å². The van der Waals surface area contributed by atoms with Gasteiger partial charge in [-0.3, -0.25) is 0 Å². The summed E-state index contributed by atoms with van der Waals surface area (Å²) in [5, 5.41) is 3.67. The summed E-state index contributed by atoms with van der Waals surface area (Å²) >= 11 is 0. The number of rotatable bonds is 1. The third-order valence-corrected chi connectivity index (χ3v) is 5.68. The van der Waals surface area contributed by atoms with Crippen molar-refractivity contribution in [2.45, 2.75) is 52.0 Å². The maximum atomic E-state index is 6.02. The topological polar surface area (TPSA) is 67.1 Å². The fraction of sp³-hybridized carbons (Fsp3) is 0.765. The summed E-state index contributed by atoms with van der Waals surface area (Å²) in [4.78, 5) is 11.7. The molecule has 0 spiro atoms. The molecule has 0 unspecified atom stereocenters. The van der Waals surface area contributed by atoms with Gasteiger partial charge in [0.1, 0.15) is 5.82 Å². The monoisotopic (exact) mass is 301 g/mol. The Labute approximate surface area is 132 Å². The molecule has 0 aromatic carbocycles. The van der Waals surface area contributed by atoms with Crippen LogP contribution in [0.2, 0.25) is 0 Å². The molecule has 5 heteroatoms. The van der Waals surface area contributed by atoms with Gasteiger partial charge in [0.25, 0.3) is 0 Å². The predicted molar refractivity (Wildman–Crippen MR) is 89.0 cm³/mol. The molecule has 2 fully saturated rings. The number of piperidine rings is 1. The van der Waals surface area contributed by atoms with Gasteiger partial charge in [0.05, 0.1) is 5.69 Å². The van der Waals surface area contributed by atoms with Crippen molar-refractivity contribution >= 4 is 11.8 Å². The van der Waals surface area contributed by atoms with Crippen LogP contribution in [-0.2, 0) is 12.8 Å². The Morgan fingerprint density at radius 3 is 2.95 bits per heavy atom. The summed E-state index contributed by atoms with van der Waals surface area (Å²) in [6.45, 7) is 7.98. The molecule has 3 aliphatic rings. The number of nitrogen functional groups attached to an aromatic ring is 1. The first-order chi connectivity index (χ1) is 10.5. The van der Waals surface area contributed by atoms with Crippen LogP contribution in [0.4, 0.5) is 11.8 Å². The van der Waals surface area contributed by atoms with Gasteiger partial charge in [-0.25, -0.2) is 4.98 Å². The van der Waals surface area contributed by atoms with Crippen LogP contribution >= 0.6 is 0 Å². The van der Waals surface area contributed by atoms with Crippen LogP contribution in [0, 0.1) is 11.3 Å². The first kappa shape index (κ1) is 14.2. The third kappa shape index (κ3) is 2.45. The number of nitrogens with one attached hydrogen (secondary N) is 1. The maximum absolute atomic E-state index is 6.02. The van der Waals surface area contributed by atoms with Crippen LogP contribution in [0.1, 0.15) is 44.4 Å². The van der Waals surface area contributed by atoms with E-state index in [2.05, 4.69) is 34.0 Å². The fourth-order valence-corrected chi connectivity index (χ4v) is 4.42. The molecule has 3 N–H and O–H groups in total. The molecule has 22 heavy (non-hydrogen) atoms. The van der Waals surface area contributed by atoms with Crippen LogP contribution in [-0.4, -0.2) is 35.6 Å². The first-order valence-electron chi connectivity index (χ1n) is 8.65. The van der Waals surface area contributed by atoms with Gasteiger partial charge < -0.3 is 16.0 Å². The molecule has 2 atom stereocenters. The quantitative estimate of drug-likeness (QED) is 0.827. The molecule has 4 rings (SSSR count). The van der Waals surface area contributed by atoms with E-state index >= 15 is 0 Å². The molecule has 2 saturated heterocycles. The molecule has 3 heterocycles. The highest BCUT2D eigenvalue weighted by molar-refractivity contribution is 5.54. The lowest BCUT2D eigenvalue weighted by atomic mass is 9.76. The van der Waals surface area contributed by atoms with Gasteiger partial charge in [-0.2, -0.15) is 4.98 Å². The van der Waals surface area contributed by atoms with Crippen molar-refractivity contribution in [3.05, 3.63) is 11.3 Å². The predicted octanol–water partition coefficient (Wildman–Crippen LogP) is 1.76. The Bertz CT molecular complexity index is 569. The van der Waals surface area contributed by atoms with Gasteiger partial charge in [-0.15, -0.1) is 0 Å². The van der Waals surface area contributed by atoms with E-state index in [4.69, 9.17) is 5.73 Å². The minimum absolute atomic E-state index is 0.325. The van der Waals surface area contributed by atoms with Crippen molar-refractivity contribution in [3.63, 3.8) is 0 Å². The van der Waals surface area contributed by atoms with Crippen LogP contribution < -0.4 is 16.0 Å². The fourth-order valence-electron chi connectivity index (χ4n) is 4.42. The minimum atomic E-state index is 0.325. The summed E-state index contributed by atoms with van der Waals surface area (Å²) in [6, 6.07) is 0.626. The number of hydrogen-bond donors (Lipinski definition) is 2. The average Bonchev–Trinajstić information content (AvgIpc) is 2.88. The van der Waals surface area contributed by atoms with E-state index in [1.165, 1.54) is 30.5 Å². The van der Waals surface area contributed by atoms with Crippen molar-refractivity contribution in [1.29, 1.82) is 0 Å². The highest BCUT2D eigenvalue weighted by atomic mass is 15.3. The average molecular weight is 301 g/mol. The van der Waals surface area contributed by atoms with Gasteiger partial charge in [-0.1, -0.05) is 13.8 Å². The summed E-state index contributed by atoms with van der Waals surface area (Å²) in [6.07, 6.45) is 5.94. The lowest BCUT2D eigenvalue weighted by molar-refractivity contribution is 0.310. The minimum Gasteiger partial charge on any atom is -0.368 e. The molecule has 0 saturated carbocycles. The van der Waals surface area contributed by atoms with Crippen LogP contribution in [0.3, 0.4) is 0 Å². The number of nitrogens with zero attached hydrogens (tertiary/aromatic N) is 3. The molecule has 0 amide bonds. The lowest BCUT2D eigenvalue weighted by Gasteiger charge is -2.33. The first-order valence-corrected chi connectivity index (χ1v) is 8.65. The molecule has 0 radical (unpaired) electrons. The second kappa shape index (κ2) is 5.08. The van der Waals surface area contributed by atoms with E-state index in [9.17, 15) is 0 Å². The molecule has 120 valence electrons. The Hall–Kier alpha value is -1.36. The van der Waals surface area contributed by atoms with Crippen molar-refractivity contribution < 1.29 is 0 Å². The summed E-state index contributed by atoms with van der Waals surface area (Å²) in [5.41, 5.74) is 8.88. The van der Waals surface area contributed by atoms with Gasteiger partial charge in [0.15, 0.2) is 0 Å². The zero-order valence-electron chi connectivity index (χ0n) is 13.7. The van der Waals surface area contributed by atoms with E-state index < -0.39 is 0 Å². The molecule has 1 aliphatic carbocycles. The molecule has 0 bridgehead atoms. The van der Waals surface area contributed by atoms with Crippen molar-refractivity contribution in [2.24, 2.45) is 11.3 Å². The van der Waals surface area contributed by atoms with Crippen LogP contribution in [0.15, 0.2) is 0 Å².